The molecule has 230 valence electrons. The second kappa shape index (κ2) is 12.6. The van der Waals surface area contributed by atoms with E-state index in [0.717, 1.165) is 26.1 Å². The van der Waals surface area contributed by atoms with E-state index in [1.165, 1.54) is 23.4 Å². The van der Waals surface area contributed by atoms with Gasteiger partial charge in [-0.1, -0.05) is 11.6 Å². The average molecular weight is 614 g/mol. The van der Waals surface area contributed by atoms with Crippen molar-refractivity contribution in [1.82, 2.24) is 14.8 Å². The molecule has 0 bridgehead atoms. The number of alkyl halides is 3. The van der Waals surface area contributed by atoms with Crippen LogP contribution in [0.4, 0.5) is 24.5 Å². The van der Waals surface area contributed by atoms with Gasteiger partial charge in [0.05, 0.1) is 62.3 Å². The molecule has 4 atom stereocenters. The van der Waals surface area contributed by atoms with Crippen LogP contribution in [-0.2, 0) is 14.2 Å². The summed E-state index contributed by atoms with van der Waals surface area (Å²) in [6, 6.07) is 2.73. The van der Waals surface area contributed by atoms with E-state index in [4.69, 9.17) is 25.8 Å². The molecule has 1 N–H and O–H groups in total. The number of rotatable bonds is 9. The van der Waals surface area contributed by atoms with Crippen molar-refractivity contribution >= 4 is 23.0 Å². The second-order valence-corrected chi connectivity index (χ2v) is 11.9. The Morgan fingerprint density at radius 2 is 1.93 bits per heavy atom. The van der Waals surface area contributed by atoms with Gasteiger partial charge in [-0.05, 0) is 50.0 Å². The first-order valence-corrected chi connectivity index (χ1v) is 14.9. The van der Waals surface area contributed by atoms with Gasteiger partial charge in [-0.25, -0.2) is 9.67 Å². The Morgan fingerprint density at radius 3 is 2.64 bits per heavy atom. The molecule has 2 saturated heterocycles. The number of pyridine rings is 1. The molecular weight excluding hydrogens is 579 g/mol. The summed E-state index contributed by atoms with van der Waals surface area (Å²) in [7, 11) is 0. The van der Waals surface area contributed by atoms with E-state index in [0.29, 0.717) is 74.9 Å². The summed E-state index contributed by atoms with van der Waals surface area (Å²) in [5.74, 6) is 1.25. The third kappa shape index (κ3) is 6.95. The molecule has 2 saturated carbocycles. The Bertz CT molecular complexity index is 1270. The summed E-state index contributed by atoms with van der Waals surface area (Å²) < 4.78 is 60.4. The third-order valence-corrected chi connectivity index (χ3v) is 9.12. The van der Waals surface area contributed by atoms with E-state index >= 15 is 0 Å². The number of aromatic nitrogens is 3. The van der Waals surface area contributed by atoms with Crippen LogP contribution in [0.5, 0.6) is 5.88 Å². The smallest absolute Gasteiger partial charge is 0.388 e. The van der Waals surface area contributed by atoms with Crippen LogP contribution in [0.2, 0.25) is 5.02 Å². The quantitative estimate of drug-likeness (QED) is 0.444. The maximum absolute atomic E-state index is 13.2. The predicted octanol–water partition coefficient (Wildman–Crippen LogP) is 4.29. The van der Waals surface area contributed by atoms with Gasteiger partial charge in [0.25, 0.3) is 5.56 Å². The first kappa shape index (κ1) is 29.5. The van der Waals surface area contributed by atoms with Crippen LogP contribution in [0, 0.1) is 17.8 Å². The standard InChI is InChI=1S/C28H35ClF3N5O5/c29-26-24(33-10-18-15-40-14-17-9-23(17)18)12-35-37(27(26)38)20-3-1-19(2-4-20)36(13-22-16-39-7-8-41-22)21-5-6-25(34-11-21)42-28(30,31)32/h5-6,11-12,17-20,22-23,33H,1-4,7-10,13-16H2/t17?,18-,19-,20-,22+,23-/m1/s1. The largest absolute Gasteiger partial charge is 0.574 e. The van der Waals surface area contributed by atoms with Crippen LogP contribution >= 0.6 is 11.6 Å². The molecule has 2 aliphatic carbocycles. The molecule has 0 radical (unpaired) electrons. The fourth-order valence-corrected chi connectivity index (χ4v) is 6.68. The number of fused-ring (bicyclic) bond motifs is 1. The fourth-order valence-electron chi connectivity index (χ4n) is 6.48. The van der Waals surface area contributed by atoms with Gasteiger partial charge in [0.1, 0.15) is 5.02 Å². The van der Waals surface area contributed by atoms with E-state index < -0.39 is 12.2 Å². The van der Waals surface area contributed by atoms with E-state index in [1.807, 2.05) is 0 Å². The van der Waals surface area contributed by atoms with Crippen molar-refractivity contribution in [2.75, 3.05) is 56.3 Å². The Kier molecular flexibility index (Phi) is 8.80. The summed E-state index contributed by atoms with van der Waals surface area (Å²) in [6.07, 6.45) is 2.06. The van der Waals surface area contributed by atoms with E-state index in [2.05, 4.69) is 25.0 Å². The lowest BCUT2D eigenvalue weighted by Gasteiger charge is -2.40. The normalized spacial score (nSPS) is 29.4. The summed E-state index contributed by atoms with van der Waals surface area (Å²) in [5, 5.41) is 7.93. The van der Waals surface area contributed by atoms with Gasteiger partial charge in [-0.15, -0.1) is 13.2 Å². The molecule has 0 aromatic carbocycles. The Morgan fingerprint density at radius 1 is 1.10 bits per heavy atom. The maximum Gasteiger partial charge on any atom is 0.574 e. The zero-order valence-electron chi connectivity index (χ0n) is 23.1. The van der Waals surface area contributed by atoms with Crippen LogP contribution in [0.1, 0.15) is 38.1 Å². The summed E-state index contributed by atoms with van der Waals surface area (Å²) in [6.45, 7) is 4.20. The molecule has 2 aromatic heterocycles. The number of anilines is 2. The van der Waals surface area contributed by atoms with Gasteiger partial charge in [0.15, 0.2) is 0 Å². The molecule has 0 amide bonds. The van der Waals surface area contributed by atoms with E-state index in [1.54, 1.807) is 12.3 Å². The Labute approximate surface area is 246 Å². The minimum atomic E-state index is -4.81. The predicted molar refractivity (Wildman–Crippen MR) is 148 cm³/mol. The highest BCUT2D eigenvalue weighted by molar-refractivity contribution is 6.32. The number of hydrogen-bond acceptors (Lipinski definition) is 9. The molecule has 4 aliphatic rings. The summed E-state index contributed by atoms with van der Waals surface area (Å²) >= 11 is 6.51. The lowest BCUT2D eigenvalue weighted by Crippen LogP contribution is -2.46. The van der Waals surface area contributed by atoms with E-state index in [-0.39, 0.29) is 28.8 Å². The van der Waals surface area contributed by atoms with Gasteiger partial charge in [0, 0.05) is 37.7 Å². The molecule has 10 nitrogen and oxygen atoms in total. The lowest BCUT2D eigenvalue weighted by molar-refractivity contribution is -0.276. The van der Waals surface area contributed by atoms with Crippen LogP contribution in [0.3, 0.4) is 0 Å². The Hall–Kier alpha value is -2.61. The van der Waals surface area contributed by atoms with Crippen LogP contribution < -0.4 is 20.5 Å². The van der Waals surface area contributed by atoms with Crippen LogP contribution in [-0.4, -0.2) is 79.4 Å². The minimum Gasteiger partial charge on any atom is -0.388 e. The van der Waals surface area contributed by atoms with Gasteiger partial charge < -0.3 is 29.2 Å². The molecular formula is C28H35ClF3N5O5. The molecule has 4 heterocycles. The molecule has 6 rings (SSSR count). The van der Waals surface area contributed by atoms with E-state index in [9.17, 15) is 18.0 Å². The average Bonchev–Trinajstić information content (AvgIpc) is 3.78. The third-order valence-electron chi connectivity index (χ3n) is 8.76. The fraction of sp³-hybridized carbons (Fsp3) is 0.679. The van der Waals surface area contributed by atoms with Crippen molar-refractivity contribution in [3.8, 4) is 5.88 Å². The highest BCUT2D eigenvalue weighted by atomic mass is 35.5. The zero-order chi connectivity index (χ0) is 29.3. The van der Waals surface area contributed by atoms with Gasteiger partial charge >= 0.3 is 6.36 Å². The molecule has 0 spiro atoms. The highest BCUT2D eigenvalue weighted by Gasteiger charge is 2.45. The lowest BCUT2D eigenvalue weighted by atomic mass is 9.89. The Balaban J connectivity index is 1.10. The number of nitrogens with zero attached hydrogens (tertiary/aromatic N) is 4. The number of nitrogens with one attached hydrogen (secondary N) is 1. The van der Waals surface area contributed by atoms with Crippen LogP contribution in [0.15, 0.2) is 29.3 Å². The minimum absolute atomic E-state index is 0.0547. The van der Waals surface area contributed by atoms with Crippen molar-refractivity contribution in [2.24, 2.45) is 17.8 Å². The molecule has 4 fully saturated rings. The first-order valence-electron chi connectivity index (χ1n) is 14.5. The molecule has 14 heteroatoms. The summed E-state index contributed by atoms with van der Waals surface area (Å²) in [4.78, 5) is 19.2. The van der Waals surface area contributed by atoms with Gasteiger partial charge in [-0.3, -0.25) is 4.79 Å². The number of hydrogen-bond donors (Lipinski definition) is 1. The SMILES string of the molecule is O=c1c(Cl)c(NC[C@@H]2COCC3C[C@H]32)cnn1[C@H]1CC[C@H](N(C[C@H]2COCCO2)c2ccc(OC(F)(F)F)nc2)CC1. The number of ether oxygens (including phenoxy) is 4. The van der Waals surface area contributed by atoms with Crippen molar-refractivity contribution < 1.29 is 32.1 Å². The van der Waals surface area contributed by atoms with Crippen molar-refractivity contribution in [1.29, 1.82) is 0 Å². The topological polar surface area (TPSA) is 100.0 Å². The van der Waals surface area contributed by atoms with Crippen molar-refractivity contribution in [3.05, 3.63) is 39.9 Å². The monoisotopic (exact) mass is 613 g/mol. The van der Waals surface area contributed by atoms with Gasteiger partial charge in [-0.2, -0.15) is 5.10 Å². The van der Waals surface area contributed by atoms with Gasteiger partial charge in [0.2, 0.25) is 5.88 Å². The van der Waals surface area contributed by atoms with Crippen molar-refractivity contribution in [2.45, 2.75) is 56.7 Å². The van der Waals surface area contributed by atoms with Crippen LogP contribution in [0.25, 0.3) is 0 Å². The number of halogens is 4. The highest BCUT2D eigenvalue weighted by Crippen LogP contribution is 2.47. The molecule has 2 aliphatic heterocycles. The van der Waals surface area contributed by atoms with Crippen molar-refractivity contribution in [3.63, 3.8) is 0 Å². The molecule has 1 unspecified atom stereocenters. The molecule has 2 aromatic rings. The molecule has 42 heavy (non-hydrogen) atoms. The zero-order valence-corrected chi connectivity index (χ0v) is 23.9. The second-order valence-electron chi connectivity index (χ2n) is 11.5. The first-order chi connectivity index (χ1) is 20.2. The summed E-state index contributed by atoms with van der Waals surface area (Å²) in [5.41, 5.74) is 0.890. The maximum atomic E-state index is 13.2.